The molecule has 2 rings (SSSR count). The standard InChI is InChI=1S/C15H17F2N3S/c1-18-15(20-10-14-3-2-6-21-14)19-5-4-11-7-12(16)9-13(17)8-11/h2-3,6-9H,4-5,10H2,1H3,(H2,18,19,20). The van der Waals surface area contributed by atoms with E-state index in [9.17, 15) is 8.78 Å². The zero-order chi connectivity index (χ0) is 15.1. The van der Waals surface area contributed by atoms with Gasteiger partial charge in [0.15, 0.2) is 5.96 Å². The van der Waals surface area contributed by atoms with E-state index in [0.717, 1.165) is 6.07 Å². The number of rotatable bonds is 5. The molecule has 112 valence electrons. The van der Waals surface area contributed by atoms with Crippen molar-refractivity contribution < 1.29 is 8.78 Å². The molecule has 3 nitrogen and oxygen atoms in total. The van der Waals surface area contributed by atoms with Gasteiger partial charge in [0.1, 0.15) is 11.6 Å². The van der Waals surface area contributed by atoms with Gasteiger partial charge in [-0.15, -0.1) is 11.3 Å². The summed E-state index contributed by atoms with van der Waals surface area (Å²) < 4.78 is 26.1. The first-order chi connectivity index (χ1) is 10.2. The Balaban J connectivity index is 1.78. The molecule has 6 heteroatoms. The minimum absolute atomic E-state index is 0.522. The minimum Gasteiger partial charge on any atom is -0.356 e. The van der Waals surface area contributed by atoms with Crippen molar-refractivity contribution in [3.63, 3.8) is 0 Å². The molecule has 0 radical (unpaired) electrons. The molecule has 2 N–H and O–H groups in total. The second-order valence-corrected chi connectivity index (χ2v) is 5.49. The number of benzene rings is 1. The highest BCUT2D eigenvalue weighted by Crippen LogP contribution is 2.08. The van der Waals surface area contributed by atoms with Gasteiger partial charge in [0, 0.05) is 24.5 Å². The third-order valence-corrected chi connectivity index (χ3v) is 3.74. The summed E-state index contributed by atoms with van der Waals surface area (Å²) >= 11 is 1.67. The lowest BCUT2D eigenvalue weighted by atomic mass is 10.1. The number of thiophene rings is 1. The highest BCUT2D eigenvalue weighted by molar-refractivity contribution is 7.09. The molecule has 0 aliphatic rings. The van der Waals surface area contributed by atoms with Crippen LogP contribution in [0.15, 0.2) is 40.7 Å². The Bertz CT molecular complexity index is 577. The zero-order valence-electron chi connectivity index (χ0n) is 11.7. The van der Waals surface area contributed by atoms with Crippen molar-refractivity contribution in [2.75, 3.05) is 13.6 Å². The summed E-state index contributed by atoms with van der Waals surface area (Å²) in [7, 11) is 1.69. The fourth-order valence-electron chi connectivity index (χ4n) is 1.89. The largest absolute Gasteiger partial charge is 0.356 e. The molecule has 0 amide bonds. The molecule has 2 aromatic rings. The number of nitrogens with zero attached hydrogens (tertiary/aromatic N) is 1. The van der Waals surface area contributed by atoms with Gasteiger partial charge in [0.2, 0.25) is 0 Å². The van der Waals surface area contributed by atoms with Crippen molar-refractivity contribution >= 4 is 17.3 Å². The van der Waals surface area contributed by atoms with E-state index in [1.807, 2.05) is 17.5 Å². The summed E-state index contributed by atoms with van der Waals surface area (Å²) in [5, 5.41) is 8.32. The third-order valence-electron chi connectivity index (χ3n) is 2.86. The first kappa shape index (κ1) is 15.4. The quantitative estimate of drug-likeness (QED) is 0.658. The SMILES string of the molecule is CN=C(NCCc1cc(F)cc(F)c1)NCc1cccs1. The van der Waals surface area contributed by atoms with Crippen LogP contribution in [0.25, 0.3) is 0 Å². The molecular formula is C15H17F2N3S. The maximum Gasteiger partial charge on any atom is 0.191 e. The number of halogens is 2. The van der Waals surface area contributed by atoms with Gasteiger partial charge in [0.25, 0.3) is 0 Å². The summed E-state index contributed by atoms with van der Waals surface area (Å²) in [6, 6.07) is 7.59. The second-order valence-electron chi connectivity index (χ2n) is 4.46. The van der Waals surface area contributed by atoms with Gasteiger partial charge < -0.3 is 10.6 Å². The van der Waals surface area contributed by atoms with Crippen molar-refractivity contribution in [2.24, 2.45) is 4.99 Å². The number of aliphatic imine (C=N–C) groups is 1. The Hall–Kier alpha value is -1.95. The highest BCUT2D eigenvalue weighted by Gasteiger charge is 2.02. The van der Waals surface area contributed by atoms with Crippen molar-refractivity contribution in [3.05, 3.63) is 57.8 Å². The lowest BCUT2D eigenvalue weighted by Crippen LogP contribution is -2.37. The van der Waals surface area contributed by atoms with Gasteiger partial charge in [-0.25, -0.2) is 8.78 Å². The maximum atomic E-state index is 13.1. The summed E-state index contributed by atoms with van der Waals surface area (Å²) in [6.07, 6.45) is 0.522. The first-order valence-electron chi connectivity index (χ1n) is 6.59. The van der Waals surface area contributed by atoms with Gasteiger partial charge in [0.05, 0.1) is 6.54 Å². The highest BCUT2D eigenvalue weighted by atomic mass is 32.1. The molecule has 0 fully saturated rings. The molecule has 0 saturated heterocycles. The summed E-state index contributed by atoms with van der Waals surface area (Å²) in [5.41, 5.74) is 0.619. The zero-order valence-corrected chi connectivity index (χ0v) is 12.5. The summed E-state index contributed by atoms with van der Waals surface area (Å²) in [5.74, 6) is -0.435. The Morgan fingerprint density at radius 2 is 1.95 bits per heavy atom. The molecule has 0 aliphatic carbocycles. The Labute approximate surface area is 126 Å². The normalized spacial score (nSPS) is 11.5. The van der Waals surface area contributed by atoms with E-state index in [1.165, 1.54) is 17.0 Å². The smallest absolute Gasteiger partial charge is 0.191 e. The lowest BCUT2D eigenvalue weighted by Gasteiger charge is -2.11. The lowest BCUT2D eigenvalue weighted by molar-refractivity contribution is 0.579. The molecule has 0 aliphatic heterocycles. The van der Waals surface area contributed by atoms with Crippen LogP contribution < -0.4 is 10.6 Å². The number of hydrogen-bond acceptors (Lipinski definition) is 2. The number of guanidine groups is 1. The Morgan fingerprint density at radius 1 is 1.19 bits per heavy atom. The average molecular weight is 309 g/mol. The molecule has 21 heavy (non-hydrogen) atoms. The molecule has 1 aromatic heterocycles. The molecule has 0 unspecified atom stereocenters. The van der Waals surface area contributed by atoms with Gasteiger partial charge in [-0.1, -0.05) is 6.07 Å². The molecule has 0 atom stereocenters. The van der Waals surface area contributed by atoms with E-state index in [1.54, 1.807) is 18.4 Å². The molecule has 0 bridgehead atoms. The summed E-state index contributed by atoms with van der Waals surface area (Å²) in [4.78, 5) is 5.32. The van der Waals surface area contributed by atoms with Crippen molar-refractivity contribution in [2.45, 2.75) is 13.0 Å². The monoisotopic (exact) mass is 309 g/mol. The van der Waals surface area contributed by atoms with Gasteiger partial charge in [-0.3, -0.25) is 4.99 Å². The maximum absolute atomic E-state index is 13.1. The van der Waals surface area contributed by atoms with E-state index in [4.69, 9.17) is 0 Å². The molecule has 1 heterocycles. The van der Waals surface area contributed by atoms with Gasteiger partial charge >= 0.3 is 0 Å². The predicted molar refractivity (Wildman–Crippen MR) is 82.6 cm³/mol. The van der Waals surface area contributed by atoms with E-state index in [0.29, 0.717) is 31.0 Å². The van der Waals surface area contributed by atoms with Crippen molar-refractivity contribution in [1.82, 2.24) is 10.6 Å². The third kappa shape index (κ3) is 5.15. The minimum atomic E-state index is -0.551. The van der Waals surface area contributed by atoms with Crippen LogP contribution in [0.3, 0.4) is 0 Å². The summed E-state index contributed by atoms with van der Waals surface area (Å²) in [6.45, 7) is 1.25. The van der Waals surface area contributed by atoms with Crippen LogP contribution in [0, 0.1) is 11.6 Å². The van der Waals surface area contributed by atoms with E-state index in [2.05, 4.69) is 15.6 Å². The van der Waals surface area contributed by atoms with E-state index >= 15 is 0 Å². The molecule has 0 spiro atoms. The Morgan fingerprint density at radius 3 is 2.57 bits per heavy atom. The van der Waals surface area contributed by atoms with Gasteiger partial charge in [-0.05, 0) is 35.6 Å². The number of nitrogens with one attached hydrogen (secondary N) is 2. The molecule has 1 aromatic carbocycles. The number of hydrogen-bond donors (Lipinski definition) is 2. The predicted octanol–water partition coefficient (Wildman–Crippen LogP) is 2.93. The molecule has 0 saturated carbocycles. The van der Waals surface area contributed by atoms with Crippen LogP contribution in [0.5, 0.6) is 0 Å². The second kappa shape index (κ2) is 7.73. The fourth-order valence-corrected chi connectivity index (χ4v) is 2.53. The van der Waals surface area contributed by atoms with Crippen molar-refractivity contribution in [3.8, 4) is 0 Å². The topological polar surface area (TPSA) is 36.4 Å². The van der Waals surface area contributed by atoms with Crippen LogP contribution >= 0.6 is 11.3 Å². The van der Waals surface area contributed by atoms with Crippen LogP contribution in [0.4, 0.5) is 8.78 Å². The molecular weight excluding hydrogens is 292 g/mol. The fraction of sp³-hybridized carbons (Fsp3) is 0.267. The average Bonchev–Trinajstić information content (AvgIpc) is 2.94. The van der Waals surface area contributed by atoms with Crippen LogP contribution in [0.2, 0.25) is 0 Å². The van der Waals surface area contributed by atoms with E-state index in [-0.39, 0.29) is 0 Å². The van der Waals surface area contributed by atoms with Crippen LogP contribution in [-0.4, -0.2) is 19.6 Å². The first-order valence-corrected chi connectivity index (χ1v) is 7.47. The van der Waals surface area contributed by atoms with Gasteiger partial charge in [-0.2, -0.15) is 0 Å². The van der Waals surface area contributed by atoms with Crippen LogP contribution in [0.1, 0.15) is 10.4 Å². The van der Waals surface area contributed by atoms with E-state index < -0.39 is 11.6 Å². The van der Waals surface area contributed by atoms with Crippen molar-refractivity contribution in [1.29, 1.82) is 0 Å². The Kier molecular flexibility index (Phi) is 5.68. The van der Waals surface area contributed by atoms with Crippen LogP contribution in [-0.2, 0) is 13.0 Å².